The first-order valence-electron chi connectivity index (χ1n) is 4.61. The molecule has 0 spiro atoms. The van der Waals surface area contributed by atoms with Gasteiger partial charge in [0.15, 0.2) is 0 Å². The highest BCUT2D eigenvalue weighted by molar-refractivity contribution is 7.89. The molecule has 0 atom stereocenters. The van der Waals surface area contributed by atoms with Crippen LogP contribution in [0.1, 0.15) is 6.42 Å². The lowest BCUT2D eigenvalue weighted by Gasteiger charge is -2.14. The zero-order valence-electron chi connectivity index (χ0n) is 8.12. The molecule has 1 aliphatic rings. The van der Waals surface area contributed by atoms with Crippen LogP contribution in [0.5, 0.6) is 0 Å². The van der Waals surface area contributed by atoms with E-state index in [1.54, 1.807) is 0 Å². The van der Waals surface area contributed by atoms with Crippen molar-refractivity contribution in [2.75, 3.05) is 25.4 Å². The molecule has 0 aliphatic carbocycles. The van der Waals surface area contributed by atoms with Crippen molar-refractivity contribution in [3.8, 4) is 0 Å². The molecule has 0 unspecified atom stereocenters. The average molecular weight is 216 g/mol. The van der Waals surface area contributed by atoms with Crippen molar-refractivity contribution >= 4 is 10.0 Å². The van der Waals surface area contributed by atoms with Crippen molar-refractivity contribution in [3.05, 3.63) is 24.3 Å². The van der Waals surface area contributed by atoms with Gasteiger partial charge < -0.3 is 5.32 Å². The van der Waals surface area contributed by atoms with Gasteiger partial charge in [0.25, 0.3) is 0 Å². The van der Waals surface area contributed by atoms with Crippen LogP contribution in [0.2, 0.25) is 0 Å². The fourth-order valence-corrected chi connectivity index (χ4v) is 2.08. The second-order valence-corrected chi connectivity index (χ2v) is 5.06. The Morgan fingerprint density at radius 1 is 1.64 bits per heavy atom. The van der Waals surface area contributed by atoms with Gasteiger partial charge in [0, 0.05) is 13.1 Å². The predicted octanol–water partition coefficient (Wildman–Crippen LogP) is 0.0115. The van der Waals surface area contributed by atoms with Crippen LogP contribution in [0.4, 0.5) is 0 Å². The third-order valence-electron chi connectivity index (χ3n) is 2.01. The van der Waals surface area contributed by atoms with Gasteiger partial charge in [0.2, 0.25) is 10.0 Å². The van der Waals surface area contributed by atoms with Crippen LogP contribution in [-0.4, -0.2) is 33.8 Å². The Labute approximate surface area is 85.1 Å². The number of hydrogen-bond donors (Lipinski definition) is 2. The standard InChI is InChI=1S/C9H16N2O2S/c1-2-7-14(12,13)11-8-9-3-5-10-6-4-9/h2-3,10-11H,1,4-8H2. The van der Waals surface area contributed by atoms with Crippen LogP contribution in [0.15, 0.2) is 24.3 Å². The van der Waals surface area contributed by atoms with Crippen LogP contribution in [0, 0.1) is 0 Å². The summed E-state index contributed by atoms with van der Waals surface area (Å²) in [6.07, 6.45) is 4.33. The SMILES string of the molecule is C=CCS(=O)(=O)NCC1=CCNCC1. The van der Waals surface area contributed by atoms with Gasteiger partial charge in [-0.25, -0.2) is 13.1 Å². The Bertz CT molecular complexity index is 320. The molecule has 1 aliphatic heterocycles. The molecule has 5 heteroatoms. The summed E-state index contributed by atoms with van der Waals surface area (Å²) < 4.78 is 25.0. The van der Waals surface area contributed by atoms with Crippen LogP contribution < -0.4 is 10.0 Å². The summed E-state index contributed by atoms with van der Waals surface area (Å²) in [7, 11) is -3.16. The summed E-state index contributed by atoms with van der Waals surface area (Å²) in [5.74, 6) is -0.0153. The quantitative estimate of drug-likeness (QED) is 0.637. The maximum Gasteiger partial charge on any atom is 0.215 e. The smallest absolute Gasteiger partial charge is 0.215 e. The van der Waals surface area contributed by atoms with E-state index < -0.39 is 10.0 Å². The minimum Gasteiger partial charge on any atom is -0.313 e. The van der Waals surface area contributed by atoms with Crippen molar-refractivity contribution in [1.82, 2.24) is 10.0 Å². The molecular weight excluding hydrogens is 200 g/mol. The maximum absolute atomic E-state index is 11.2. The Hall–Kier alpha value is -0.650. The van der Waals surface area contributed by atoms with Gasteiger partial charge in [0.05, 0.1) is 5.75 Å². The lowest BCUT2D eigenvalue weighted by molar-refractivity contribution is 0.585. The molecular formula is C9H16N2O2S. The molecule has 0 aromatic rings. The van der Waals surface area contributed by atoms with Crippen molar-refractivity contribution in [1.29, 1.82) is 0 Å². The summed E-state index contributed by atoms with van der Waals surface area (Å²) in [6.45, 7) is 5.58. The van der Waals surface area contributed by atoms with Crippen molar-refractivity contribution < 1.29 is 8.42 Å². The summed E-state index contributed by atoms with van der Waals surface area (Å²) in [4.78, 5) is 0. The highest BCUT2D eigenvalue weighted by Gasteiger charge is 2.09. The molecule has 1 heterocycles. The average Bonchev–Trinajstić information content (AvgIpc) is 2.17. The largest absolute Gasteiger partial charge is 0.313 e. The van der Waals surface area contributed by atoms with Crippen LogP contribution in [-0.2, 0) is 10.0 Å². The van der Waals surface area contributed by atoms with E-state index in [2.05, 4.69) is 16.6 Å². The molecule has 4 nitrogen and oxygen atoms in total. The van der Waals surface area contributed by atoms with E-state index in [1.165, 1.54) is 6.08 Å². The van der Waals surface area contributed by atoms with E-state index in [9.17, 15) is 8.42 Å². The predicted molar refractivity (Wildman–Crippen MR) is 57.6 cm³/mol. The molecule has 0 radical (unpaired) electrons. The van der Waals surface area contributed by atoms with Gasteiger partial charge >= 0.3 is 0 Å². The van der Waals surface area contributed by atoms with Crippen LogP contribution in [0.25, 0.3) is 0 Å². The van der Waals surface area contributed by atoms with Gasteiger partial charge in [-0.3, -0.25) is 0 Å². The van der Waals surface area contributed by atoms with Gasteiger partial charge in [-0.2, -0.15) is 0 Å². The van der Waals surface area contributed by atoms with Gasteiger partial charge in [-0.15, -0.1) is 6.58 Å². The van der Waals surface area contributed by atoms with Crippen LogP contribution in [0.3, 0.4) is 0 Å². The normalized spacial score (nSPS) is 17.6. The minimum atomic E-state index is -3.16. The van der Waals surface area contributed by atoms with Gasteiger partial charge in [-0.1, -0.05) is 17.7 Å². The van der Waals surface area contributed by atoms with E-state index >= 15 is 0 Å². The molecule has 0 saturated heterocycles. The van der Waals surface area contributed by atoms with E-state index in [0.717, 1.165) is 25.1 Å². The van der Waals surface area contributed by atoms with Crippen LogP contribution >= 0.6 is 0 Å². The first kappa shape index (κ1) is 11.4. The summed E-state index contributed by atoms with van der Waals surface area (Å²) in [6, 6.07) is 0. The Morgan fingerprint density at radius 3 is 3.00 bits per heavy atom. The van der Waals surface area contributed by atoms with E-state index in [1.807, 2.05) is 6.08 Å². The fourth-order valence-electron chi connectivity index (χ4n) is 1.25. The number of nitrogens with one attached hydrogen (secondary N) is 2. The second kappa shape index (κ2) is 5.29. The van der Waals surface area contributed by atoms with Gasteiger partial charge in [-0.05, 0) is 13.0 Å². The molecule has 0 fully saturated rings. The first-order valence-corrected chi connectivity index (χ1v) is 6.26. The molecule has 0 aromatic heterocycles. The number of sulfonamides is 1. The second-order valence-electron chi connectivity index (χ2n) is 3.21. The van der Waals surface area contributed by atoms with Gasteiger partial charge in [0.1, 0.15) is 0 Å². The first-order chi connectivity index (χ1) is 6.64. The summed E-state index contributed by atoms with van der Waals surface area (Å²) in [5.41, 5.74) is 1.15. The molecule has 14 heavy (non-hydrogen) atoms. The molecule has 0 amide bonds. The molecule has 0 saturated carbocycles. The molecule has 0 bridgehead atoms. The zero-order valence-corrected chi connectivity index (χ0v) is 8.94. The zero-order chi connectivity index (χ0) is 10.4. The number of rotatable bonds is 5. The third-order valence-corrected chi connectivity index (χ3v) is 3.27. The Kier molecular flexibility index (Phi) is 4.31. The molecule has 0 aromatic carbocycles. The Morgan fingerprint density at radius 2 is 2.43 bits per heavy atom. The summed E-state index contributed by atoms with van der Waals surface area (Å²) in [5, 5.41) is 3.17. The lowest BCUT2D eigenvalue weighted by Crippen LogP contribution is -2.30. The van der Waals surface area contributed by atoms with Crippen molar-refractivity contribution in [2.45, 2.75) is 6.42 Å². The molecule has 1 rings (SSSR count). The van der Waals surface area contributed by atoms with E-state index in [0.29, 0.717) is 6.54 Å². The highest BCUT2D eigenvalue weighted by Crippen LogP contribution is 2.02. The van der Waals surface area contributed by atoms with Crippen molar-refractivity contribution in [2.24, 2.45) is 0 Å². The Balaban J connectivity index is 2.39. The lowest BCUT2D eigenvalue weighted by atomic mass is 10.1. The minimum absolute atomic E-state index is 0.0153. The number of hydrogen-bond acceptors (Lipinski definition) is 3. The monoisotopic (exact) mass is 216 g/mol. The van der Waals surface area contributed by atoms with Crippen molar-refractivity contribution in [3.63, 3.8) is 0 Å². The fraction of sp³-hybridized carbons (Fsp3) is 0.556. The highest BCUT2D eigenvalue weighted by atomic mass is 32.2. The maximum atomic E-state index is 11.2. The van der Waals surface area contributed by atoms with E-state index in [-0.39, 0.29) is 5.75 Å². The molecule has 2 N–H and O–H groups in total. The summed E-state index contributed by atoms with van der Waals surface area (Å²) >= 11 is 0. The van der Waals surface area contributed by atoms with E-state index in [4.69, 9.17) is 0 Å². The third kappa shape index (κ3) is 4.04. The topological polar surface area (TPSA) is 58.2 Å². The molecule has 80 valence electrons.